The Bertz CT molecular complexity index is 421. The number of likely N-dealkylation sites (tertiary alicyclic amines) is 1. The van der Waals surface area contributed by atoms with Gasteiger partial charge in [0.2, 0.25) is 0 Å². The highest BCUT2D eigenvalue weighted by Crippen LogP contribution is 2.22. The molecule has 2 N–H and O–H groups in total. The number of ether oxygens (including phenoxy) is 1. The van der Waals surface area contributed by atoms with Crippen molar-refractivity contribution in [3.63, 3.8) is 0 Å². The Kier molecular flexibility index (Phi) is 4.31. The molecular weight excluding hydrogens is 250 g/mol. The summed E-state index contributed by atoms with van der Waals surface area (Å²) in [5, 5.41) is 2.59. The predicted octanol–water partition coefficient (Wildman–Crippen LogP) is 1.24. The fraction of sp³-hybridized carbons (Fsp3) is 0.667. The zero-order valence-electron chi connectivity index (χ0n) is 10.8. The molecule has 100 valence electrons. The molecule has 18 heavy (non-hydrogen) atoms. The fourth-order valence-electron chi connectivity index (χ4n) is 2.29. The Balaban J connectivity index is 2.05. The van der Waals surface area contributed by atoms with Crippen LogP contribution in [0.5, 0.6) is 0 Å². The lowest BCUT2D eigenvalue weighted by Crippen LogP contribution is -2.46. The lowest BCUT2D eigenvalue weighted by molar-refractivity contribution is 0.0157. The third-order valence-electron chi connectivity index (χ3n) is 3.37. The van der Waals surface area contributed by atoms with Crippen molar-refractivity contribution >= 4 is 17.2 Å². The molecule has 0 bridgehead atoms. The molecule has 1 saturated heterocycles. The zero-order chi connectivity index (χ0) is 13.1. The van der Waals surface area contributed by atoms with Crippen molar-refractivity contribution in [2.75, 3.05) is 13.7 Å². The van der Waals surface area contributed by atoms with Gasteiger partial charge >= 0.3 is 0 Å². The molecule has 1 aromatic heterocycles. The molecule has 0 spiro atoms. The molecular formula is C12H19N3O2S. The summed E-state index contributed by atoms with van der Waals surface area (Å²) in [6.07, 6.45) is 2.04. The quantitative estimate of drug-likeness (QED) is 0.896. The van der Waals surface area contributed by atoms with Crippen LogP contribution in [0.2, 0.25) is 0 Å². The molecule has 1 aromatic rings. The first-order valence-electron chi connectivity index (χ1n) is 6.14. The third-order valence-corrected chi connectivity index (χ3v) is 4.24. The highest BCUT2D eigenvalue weighted by atomic mass is 32.1. The minimum absolute atomic E-state index is 0.00741. The number of piperidine rings is 1. The molecule has 6 heteroatoms. The monoisotopic (exact) mass is 269 g/mol. The van der Waals surface area contributed by atoms with Gasteiger partial charge in [-0.15, -0.1) is 11.3 Å². The van der Waals surface area contributed by atoms with E-state index in [0.29, 0.717) is 12.2 Å². The lowest BCUT2D eigenvalue weighted by atomic mass is 10.0. The number of methoxy groups -OCH3 is 1. The molecule has 0 aromatic carbocycles. The summed E-state index contributed by atoms with van der Waals surface area (Å²) in [6, 6.07) is 0.194. The molecule has 1 aliphatic heterocycles. The number of nitrogens with zero attached hydrogens (tertiary/aromatic N) is 2. The fourth-order valence-corrected chi connectivity index (χ4v) is 2.94. The average Bonchev–Trinajstić information content (AvgIpc) is 2.86. The van der Waals surface area contributed by atoms with Gasteiger partial charge in [-0.2, -0.15) is 0 Å². The molecule has 2 atom stereocenters. The summed E-state index contributed by atoms with van der Waals surface area (Å²) in [5.74, 6) is 0.00741. The summed E-state index contributed by atoms with van der Waals surface area (Å²) >= 11 is 1.44. The number of aromatic nitrogens is 1. The van der Waals surface area contributed by atoms with E-state index in [9.17, 15) is 4.79 Å². The van der Waals surface area contributed by atoms with E-state index in [0.717, 1.165) is 24.4 Å². The Morgan fingerprint density at radius 1 is 1.72 bits per heavy atom. The van der Waals surface area contributed by atoms with Crippen molar-refractivity contribution in [1.29, 1.82) is 0 Å². The smallest absolute Gasteiger partial charge is 0.273 e. The number of hydrogen-bond acceptors (Lipinski definition) is 5. The molecule has 1 aliphatic rings. The van der Waals surface area contributed by atoms with Crippen LogP contribution in [0.1, 0.15) is 35.3 Å². The number of hydrogen-bond donors (Lipinski definition) is 1. The number of carbonyl (C=O) groups excluding carboxylic acids is 1. The van der Waals surface area contributed by atoms with Crippen molar-refractivity contribution in [1.82, 2.24) is 9.88 Å². The van der Waals surface area contributed by atoms with Crippen LogP contribution >= 0.6 is 11.3 Å². The summed E-state index contributed by atoms with van der Waals surface area (Å²) in [6.45, 7) is 3.17. The van der Waals surface area contributed by atoms with Crippen LogP contribution < -0.4 is 5.73 Å². The van der Waals surface area contributed by atoms with Gasteiger partial charge in [0.25, 0.3) is 5.91 Å². The van der Waals surface area contributed by atoms with E-state index in [1.807, 2.05) is 4.90 Å². The Morgan fingerprint density at radius 2 is 2.50 bits per heavy atom. The van der Waals surface area contributed by atoms with Gasteiger partial charge in [0, 0.05) is 31.6 Å². The van der Waals surface area contributed by atoms with Gasteiger partial charge in [-0.3, -0.25) is 4.79 Å². The molecule has 1 fully saturated rings. The normalized spacial score (nSPS) is 24.3. The number of nitrogens with two attached hydrogens (primary N) is 1. The van der Waals surface area contributed by atoms with Crippen molar-refractivity contribution in [3.05, 3.63) is 16.1 Å². The second-order valence-electron chi connectivity index (χ2n) is 4.56. The van der Waals surface area contributed by atoms with Crippen LogP contribution in [0, 0.1) is 0 Å². The second kappa shape index (κ2) is 5.77. The van der Waals surface area contributed by atoms with Gasteiger partial charge in [-0.1, -0.05) is 0 Å². The number of carbonyl (C=O) groups is 1. The molecule has 5 nitrogen and oxygen atoms in total. The van der Waals surface area contributed by atoms with E-state index < -0.39 is 0 Å². The maximum absolute atomic E-state index is 12.3. The largest absolute Gasteiger partial charge is 0.381 e. The van der Waals surface area contributed by atoms with E-state index in [-0.39, 0.29) is 18.1 Å². The number of rotatable bonds is 3. The highest BCUT2D eigenvalue weighted by molar-refractivity contribution is 7.09. The molecule has 0 radical (unpaired) electrons. The van der Waals surface area contributed by atoms with Crippen LogP contribution in [-0.2, 0) is 11.3 Å². The molecule has 2 heterocycles. The summed E-state index contributed by atoms with van der Waals surface area (Å²) in [4.78, 5) is 18.5. The molecule has 2 unspecified atom stereocenters. The van der Waals surface area contributed by atoms with Gasteiger partial charge in [0.1, 0.15) is 10.7 Å². The molecule has 0 saturated carbocycles. The first-order chi connectivity index (χ1) is 8.65. The van der Waals surface area contributed by atoms with Crippen molar-refractivity contribution in [3.8, 4) is 0 Å². The number of amides is 1. The van der Waals surface area contributed by atoms with Gasteiger partial charge < -0.3 is 15.4 Å². The zero-order valence-corrected chi connectivity index (χ0v) is 11.6. The van der Waals surface area contributed by atoms with Crippen molar-refractivity contribution in [2.45, 2.75) is 38.5 Å². The van der Waals surface area contributed by atoms with E-state index in [1.54, 1.807) is 12.5 Å². The maximum Gasteiger partial charge on any atom is 0.273 e. The van der Waals surface area contributed by atoms with Crippen molar-refractivity contribution < 1.29 is 9.53 Å². The van der Waals surface area contributed by atoms with E-state index in [1.165, 1.54) is 11.3 Å². The first kappa shape index (κ1) is 13.5. The van der Waals surface area contributed by atoms with E-state index in [4.69, 9.17) is 10.5 Å². The highest BCUT2D eigenvalue weighted by Gasteiger charge is 2.30. The lowest BCUT2D eigenvalue weighted by Gasteiger charge is -2.36. The molecule has 0 aliphatic carbocycles. The van der Waals surface area contributed by atoms with Gasteiger partial charge in [-0.25, -0.2) is 4.98 Å². The minimum atomic E-state index is 0.00741. The topological polar surface area (TPSA) is 68.5 Å². The number of thiazole rings is 1. The molecule has 2 rings (SSSR count). The van der Waals surface area contributed by atoms with Gasteiger partial charge in [0.05, 0.1) is 6.10 Å². The average molecular weight is 269 g/mol. The van der Waals surface area contributed by atoms with E-state index >= 15 is 0 Å². The Morgan fingerprint density at radius 3 is 3.06 bits per heavy atom. The summed E-state index contributed by atoms with van der Waals surface area (Å²) in [5.41, 5.74) is 6.03. The van der Waals surface area contributed by atoms with Crippen LogP contribution in [-0.4, -0.2) is 41.6 Å². The third kappa shape index (κ3) is 2.71. The van der Waals surface area contributed by atoms with Crippen molar-refractivity contribution in [2.24, 2.45) is 5.73 Å². The molecule has 1 amide bonds. The Hall–Kier alpha value is -0.980. The van der Waals surface area contributed by atoms with Crippen LogP contribution in [0.15, 0.2) is 5.38 Å². The standard InChI is InChI=1S/C12H19N3O2S/c1-8-5-9(17-2)3-4-15(8)12(16)10-7-18-11(6-13)14-10/h7-9H,3-6,13H2,1-2H3. The first-order valence-corrected chi connectivity index (χ1v) is 7.02. The summed E-state index contributed by atoms with van der Waals surface area (Å²) < 4.78 is 5.35. The summed E-state index contributed by atoms with van der Waals surface area (Å²) in [7, 11) is 1.73. The van der Waals surface area contributed by atoms with E-state index in [2.05, 4.69) is 11.9 Å². The van der Waals surface area contributed by atoms with Gasteiger partial charge in [0.15, 0.2) is 0 Å². The predicted molar refractivity (Wildman–Crippen MR) is 70.5 cm³/mol. The SMILES string of the molecule is COC1CCN(C(=O)c2csc(CN)n2)C(C)C1. The van der Waals surface area contributed by atoms with Crippen LogP contribution in [0.25, 0.3) is 0 Å². The van der Waals surface area contributed by atoms with Crippen LogP contribution in [0.3, 0.4) is 0 Å². The second-order valence-corrected chi connectivity index (χ2v) is 5.50. The minimum Gasteiger partial charge on any atom is -0.381 e. The van der Waals surface area contributed by atoms with Crippen LogP contribution in [0.4, 0.5) is 0 Å². The maximum atomic E-state index is 12.3. The Labute approximate surface area is 111 Å². The van der Waals surface area contributed by atoms with Gasteiger partial charge in [-0.05, 0) is 19.8 Å².